The van der Waals surface area contributed by atoms with Crippen molar-refractivity contribution in [3.63, 3.8) is 0 Å². The Bertz CT molecular complexity index is 512. The molecule has 1 aromatic rings. The third-order valence-electron chi connectivity index (χ3n) is 2.86. The zero-order chi connectivity index (χ0) is 15.3. The van der Waals surface area contributed by atoms with E-state index in [1.54, 1.807) is 24.3 Å². The summed E-state index contributed by atoms with van der Waals surface area (Å²) in [4.78, 5) is 24.9. The number of rotatable bonds is 6. The molecular weight excluding hydrogens is 274 g/mol. The molecule has 0 saturated heterocycles. The third-order valence-corrected chi connectivity index (χ3v) is 3.10. The summed E-state index contributed by atoms with van der Waals surface area (Å²) < 4.78 is 0. The molecule has 0 bridgehead atoms. The van der Waals surface area contributed by atoms with Crippen LogP contribution in [0.25, 0.3) is 0 Å². The zero-order valence-electron chi connectivity index (χ0n) is 11.6. The number of carbonyl (C=O) groups excluding carboxylic acids is 2. The fourth-order valence-corrected chi connectivity index (χ4v) is 1.93. The van der Waals surface area contributed by atoms with E-state index in [9.17, 15) is 9.59 Å². The summed E-state index contributed by atoms with van der Waals surface area (Å²) in [5.41, 5.74) is 12.3. The standard InChI is InChI=1S/C14H19N3O2S/c1-9(2)17(8-12(15)18)13(19)7-10-3-5-11(6-4-10)14(16)20/h3-6,9H,7-8H2,1-2H3,(H2,15,18)(H2,16,20). The summed E-state index contributed by atoms with van der Waals surface area (Å²) in [6.07, 6.45) is 0.211. The van der Waals surface area contributed by atoms with Crippen LogP contribution in [-0.2, 0) is 16.0 Å². The van der Waals surface area contributed by atoms with Crippen molar-refractivity contribution in [1.82, 2.24) is 4.90 Å². The lowest BCUT2D eigenvalue weighted by Gasteiger charge is -2.25. The van der Waals surface area contributed by atoms with E-state index in [1.165, 1.54) is 4.90 Å². The highest BCUT2D eigenvalue weighted by molar-refractivity contribution is 7.80. The number of amides is 2. The molecule has 0 atom stereocenters. The molecule has 0 spiro atoms. The quantitative estimate of drug-likeness (QED) is 0.751. The van der Waals surface area contributed by atoms with Gasteiger partial charge in [-0.2, -0.15) is 0 Å². The van der Waals surface area contributed by atoms with Gasteiger partial charge in [-0.15, -0.1) is 0 Å². The maximum atomic E-state index is 12.2. The van der Waals surface area contributed by atoms with Gasteiger partial charge in [-0.3, -0.25) is 9.59 Å². The van der Waals surface area contributed by atoms with Crippen molar-refractivity contribution in [3.8, 4) is 0 Å². The van der Waals surface area contributed by atoms with Gasteiger partial charge in [0, 0.05) is 11.6 Å². The summed E-state index contributed by atoms with van der Waals surface area (Å²) in [5.74, 6) is -0.655. The van der Waals surface area contributed by atoms with Gasteiger partial charge in [0.2, 0.25) is 11.8 Å². The van der Waals surface area contributed by atoms with E-state index >= 15 is 0 Å². The van der Waals surface area contributed by atoms with Crippen LogP contribution >= 0.6 is 12.2 Å². The molecule has 4 N–H and O–H groups in total. The molecule has 0 aromatic heterocycles. The summed E-state index contributed by atoms with van der Waals surface area (Å²) in [7, 11) is 0. The number of thiocarbonyl (C=S) groups is 1. The predicted octanol–water partition coefficient (Wildman–Crippen LogP) is 0.586. The summed E-state index contributed by atoms with van der Waals surface area (Å²) >= 11 is 4.87. The van der Waals surface area contributed by atoms with Crippen LogP contribution in [0.15, 0.2) is 24.3 Å². The molecule has 1 rings (SSSR count). The fraction of sp³-hybridized carbons (Fsp3) is 0.357. The van der Waals surface area contributed by atoms with Crippen LogP contribution in [0.5, 0.6) is 0 Å². The average molecular weight is 293 g/mol. The summed E-state index contributed by atoms with van der Waals surface area (Å²) in [6.45, 7) is 3.62. The minimum atomic E-state index is -0.518. The van der Waals surface area contributed by atoms with E-state index in [0.29, 0.717) is 4.99 Å². The van der Waals surface area contributed by atoms with Crippen molar-refractivity contribution >= 4 is 29.0 Å². The lowest BCUT2D eigenvalue weighted by atomic mass is 10.1. The number of hydrogen-bond donors (Lipinski definition) is 2. The first-order valence-electron chi connectivity index (χ1n) is 6.27. The van der Waals surface area contributed by atoms with Crippen molar-refractivity contribution in [1.29, 1.82) is 0 Å². The minimum Gasteiger partial charge on any atom is -0.389 e. The van der Waals surface area contributed by atoms with Gasteiger partial charge in [0.1, 0.15) is 4.99 Å². The SMILES string of the molecule is CC(C)N(CC(N)=O)C(=O)Cc1ccc(C(N)=S)cc1. The highest BCUT2D eigenvalue weighted by Gasteiger charge is 2.19. The summed E-state index contributed by atoms with van der Waals surface area (Å²) in [6, 6.07) is 7.08. The molecule has 0 aliphatic carbocycles. The largest absolute Gasteiger partial charge is 0.389 e. The average Bonchev–Trinajstić information content (AvgIpc) is 2.35. The molecule has 0 aliphatic heterocycles. The summed E-state index contributed by atoms with van der Waals surface area (Å²) in [5, 5.41) is 0. The van der Waals surface area contributed by atoms with Gasteiger partial charge in [0.25, 0.3) is 0 Å². The Labute approximate surface area is 123 Å². The second-order valence-electron chi connectivity index (χ2n) is 4.82. The Balaban J connectivity index is 2.77. The number of primary amides is 1. The van der Waals surface area contributed by atoms with Gasteiger partial charge >= 0.3 is 0 Å². The van der Waals surface area contributed by atoms with Crippen molar-refractivity contribution in [2.45, 2.75) is 26.3 Å². The number of nitrogens with two attached hydrogens (primary N) is 2. The first-order valence-corrected chi connectivity index (χ1v) is 6.68. The van der Waals surface area contributed by atoms with Gasteiger partial charge in [0.15, 0.2) is 0 Å². The smallest absolute Gasteiger partial charge is 0.237 e. The van der Waals surface area contributed by atoms with E-state index in [0.717, 1.165) is 11.1 Å². The highest BCUT2D eigenvalue weighted by atomic mass is 32.1. The van der Waals surface area contributed by atoms with Crippen molar-refractivity contribution < 1.29 is 9.59 Å². The van der Waals surface area contributed by atoms with Crippen LogP contribution < -0.4 is 11.5 Å². The molecular formula is C14H19N3O2S. The molecule has 0 saturated carbocycles. The van der Waals surface area contributed by atoms with Crippen LogP contribution in [0.3, 0.4) is 0 Å². The van der Waals surface area contributed by atoms with Crippen LogP contribution in [0.1, 0.15) is 25.0 Å². The van der Waals surface area contributed by atoms with E-state index in [1.807, 2.05) is 13.8 Å². The molecule has 1 aromatic carbocycles. The first kappa shape index (κ1) is 16.1. The Morgan fingerprint density at radius 3 is 2.15 bits per heavy atom. The minimum absolute atomic E-state index is 0.0680. The molecule has 0 fully saturated rings. The van der Waals surface area contributed by atoms with Gasteiger partial charge < -0.3 is 16.4 Å². The predicted molar refractivity (Wildman–Crippen MR) is 82.1 cm³/mol. The van der Waals surface area contributed by atoms with Crippen molar-refractivity contribution in [2.24, 2.45) is 11.5 Å². The Kier molecular flexibility index (Phi) is 5.64. The second-order valence-corrected chi connectivity index (χ2v) is 5.26. The van der Waals surface area contributed by atoms with Gasteiger partial charge in [0.05, 0.1) is 13.0 Å². The molecule has 0 heterocycles. The Morgan fingerprint density at radius 1 is 1.20 bits per heavy atom. The molecule has 108 valence electrons. The zero-order valence-corrected chi connectivity index (χ0v) is 12.4. The number of carbonyl (C=O) groups is 2. The molecule has 5 nitrogen and oxygen atoms in total. The van der Waals surface area contributed by atoms with E-state index in [4.69, 9.17) is 23.7 Å². The molecule has 6 heteroatoms. The van der Waals surface area contributed by atoms with Crippen LogP contribution in [0, 0.1) is 0 Å². The third kappa shape index (κ3) is 4.62. The first-order chi connectivity index (χ1) is 9.31. The van der Waals surface area contributed by atoms with Crippen LogP contribution in [-0.4, -0.2) is 34.3 Å². The Hall–Kier alpha value is -1.95. The van der Waals surface area contributed by atoms with Crippen molar-refractivity contribution in [2.75, 3.05) is 6.54 Å². The maximum Gasteiger partial charge on any atom is 0.237 e. The maximum absolute atomic E-state index is 12.2. The normalized spacial score (nSPS) is 10.3. The van der Waals surface area contributed by atoms with Gasteiger partial charge in [-0.25, -0.2) is 0 Å². The van der Waals surface area contributed by atoms with Crippen LogP contribution in [0.4, 0.5) is 0 Å². The second kappa shape index (κ2) is 7.00. The molecule has 0 radical (unpaired) electrons. The number of hydrogen-bond acceptors (Lipinski definition) is 3. The van der Waals surface area contributed by atoms with Gasteiger partial charge in [-0.1, -0.05) is 36.5 Å². The molecule has 2 amide bonds. The lowest BCUT2D eigenvalue weighted by Crippen LogP contribution is -2.43. The van der Waals surface area contributed by atoms with Crippen LogP contribution in [0.2, 0.25) is 0 Å². The number of nitrogens with zero attached hydrogens (tertiary/aromatic N) is 1. The van der Waals surface area contributed by atoms with E-state index in [-0.39, 0.29) is 24.9 Å². The molecule has 0 aliphatic rings. The Morgan fingerprint density at radius 2 is 1.75 bits per heavy atom. The monoisotopic (exact) mass is 293 g/mol. The fourth-order valence-electron chi connectivity index (χ4n) is 1.79. The topological polar surface area (TPSA) is 89.4 Å². The molecule has 0 unspecified atom stereocenters. The van der Waals surface area contributed by atoms with E-state index in [2.05, 4.69) is 0 Å². The number of benzene rings is 1. The van der Waals surface area contributed by atoms with Gasteiger partial charge in [-0.05, 0) is 19.4 Å². The van der Waals surface area contributed by atoms with Crippen molar-refractivity contribution in [3.05, 3.63) is 35.4 Å². The van der Waals surface area contributed by atoms with E-state index < -0.39 is 5.91 Å². The highest BCUT2D eigenvalue weighted by Crippen LogP contribution is 2.08. The molecule has 20 heavy (non-hydrogen) atoms. The lowest BCUT2D eigenvalue weighted by molar-refractivity contribution is -0.136.